The van der Waals surface area contributed by atoms with Gasteiger partial charge < -0.3 is 14.9 Å². The quantitative estimate of drug-likeness (QED) is 0.607. The van der Waals surface area contributed by atoms with E-state index in [2.05, 4.69) is 15.3 Å². The molecule has 1 amide bonds. The monoisotopic (exact) mass is 318 g/mol. The van der Waals surface area contributed by atoms with E-state index in [4.69, 9.17) is 0 Å². The summed E-state index contributed by atoms with van der Waals surface area (Å²) in [4.78, 5) is 19.8. The zero-order valence-electron chi connectivity index (χ0n) is 13.4. The van der Waals surface area contributed by atoms with Crippen LogP contribution in [0.5, 0.6) is 0 Å². The predicted molar refractivity (Wildman–Crippen MR) is 94.6 cm³/mol. The zero-order valence-corrected chi connectivity index (χ0v) is 13.4. The maximum absolute atomic E-state index is 12.2. The van der Waals surface area contributed by atoms with Gasteiger partial charge in [0.05, 0.1) is 11.0 Å². The van der Waals surface area contributed by atoms with Gasteiger partial charge in [-0.05, 0) is 42.1 Å². The molecule has 0 spiro atoms. The lowest BCUT2D eigenvalue weighted by Gasteiger charge is -2.08. The lowest BCUT2D eigenvalue weighted by molar-refractivity contribution is -0.121. The van der Waals surface area contributed by atoms with Gasteiger partial charge >= 0.3 is 0 Å². The normalized spacial score (nSPS) is 11.2. The van der Waals surface area contributed by atoms with Crippen LogP contribution in [0.15, 0.2) is 54.7 Å². The largest absolute Gasteiger partial charge is 0.350 e. The van der Waals surface area contributed by atoms with E-state index in [9.17, 15) is 4.79 Å². The highest BCUT2D eigenvalue weighted by Crippen LogP contribution is 2.15. The molecule has 0 aliphatic carbocycles. The molecule has 4 aromatic rings. The molecule has 2 heterocycles. The molecule has 0 aliphatic heterocycles. The molecule has 2 N–H and O–H groups in total. The van der Waals surface area contributed by atoms with Crippen molar-refractivity contribution in [3.63, 3.8) is 0 Å². The first-order chi connectivity index (χ1) is 11.7. The van der Waals surface area contributed by atoms with Gasteiger partial charge in [0.1, 0.15) is 12.4 Å². The van der Waals surface area contributed by atoms with Crippen molar-refractivity contribution in [1.82, 2.24) is 19.9 Å². The fourth-order valence-electron chi connectivity index (χ4n) is 2.98. The minimum atomic E-state index is -0.00255. The number of hydrogen-bond acceptors (Lipinski definition) is 2. The second-order valence-electron chi connectivity index (χ2n) is 5.95. The Balaban J connectivity index is 1.43. The van der Waals surface area contributed by atoms with Gasteiger partial charge in [-0.15, -0.1) is 0 Å². The number of para-hydroxylation sites is 1. The molecule has 0 bridgehead atoms. The van der Waals surface area contributed by atoms with E-state index in [1.54, 1.807) is 0 Å². The number of aromatic amines is 1. The number of aryl methyl sites for hydroxylation is 1. The Morgan fingerprint density at radius 1 is 1.21 bits per heavy atom. The summed E-state index contributed by atoms with van der Waals surface area (Å²) in [6.45, 7) is 2.76. The van der Waals surface area contributed by atoms with Gasteiger partial charge in [-0.1, -0.05) is 24.3 Å². The number of nitrogens with zero attached hydrogens (tertiary/aromatic N) is 2. The second-order valence-corrected chi connectivity index (χ2v) is 5.95. The molecule has 2 aromatic carbocycles. The number of hydrogen-bond donors (Lipinski definition) is 2. The molecular formula is C19H18N4O. The summed E-state index contributed by atoms with van der Waals surface area (Å²) in [6.07, 6.45) is 1.95. The van der Waals surface area contributed by atoms with E-state index in [0.717, 1.165) is 33.3 Å². The maximum atomic E-state index is 12.2. The van der Waals surface area contributed by atoms with E-state index in [1.807, 2.05) is 66.2 Å². The average Bonchev–Trinajstić information content (AvgIpc) is 3.15. The van der Waals surface area contributed by atoms with Gasteiger partial charge in [0.25, 0.3) is 0 Å². The predicted octanol–water partition coefficient (Wildman–Crippen LogP) is 3.14. The van der Waals surface area contributed by atoms with Crippen LogP contribution in [-0.2, 0) is 17.9 Å². The lowest BCUT2D eigenvalue weighted by atomic mass is 10.2. The Kier molecular flexibility index (Phi) is 3.54. The zero-order chi connectivity index (χ0) is 16.5. The molecule has 0 fully saturated rings. The smallest absolute Gasteiger partial charge is 0.240 e. The van der Waals surface area contributed by atoms with Crippen LogP contribution in [-0.4, -0.2) is 20.4 Å². The summed E-state index contributed by atoms with van der Waals surface area (Å²) in [5.74, 6) is 0.892. The highest BCUT2D eigenvalue weighted by molar-refractivity contribution is 5.83. The van der Waals surface area contributed by atoms with Crippen LogP contribution >= 0.6 is 0 Å². The fourth-order valence-corrected chi connectivity index (χ4v) is 2.98. The van der Waals surface area contributed by atoms with Gasteiger partial charge in [-0.3, -0.25) is 4.79 Å². The first-order valence-corrected chi connectivity index (χ1v) is 7.95. The molecule has 2 aromatic heterocycles. The SMILES string of the molecule is Cc1nc2ccc(CNC(=O)Cn3ccc4ccccc43)cc2[nH]1. The number of amides is 1. The Hall–Kier alpha value is -3.08. The van der Waals surface area contributed by atoms with Crippen molar-refractivity contribution in [2.24, 2.45) is 0 Å². The first-order valence-electron chi connectivity index (χ1n) is 7.95. The Bertz CT molecular complexity index is 1030. The molecule has 0 unspecified atom stereocenters. The van der Waals surface area contributed by atoms with Crippen molar-refractivity contribution in [3.05, 3.63) is 66.1 Å². The lowest BCUT2D eigenvalue weighted by Crippen LogP contribution is -2.26. The van der Waals surface area contributed by atoms with Crippen LogP contribution in [0.3, 0.4) is 0 Å². The summed E-state index contributed by atoms with van der Waals surface area (Å²) in [5, 5.41) is 4.12. The number of benzene rings is 2. The van der Waals surface area contributed by atoms with Gasteiger partial charge in [0.2, 0.25) is 5.91 Å². The molecule has 0 saturated carbocycles. The van der Waals surface area contributed by atoms with E-state index >= 15 is 0 Å². The van der Waals surface area contributed by atoms with Crippen molar-refractivity contribution in [3.8, 4) is 0 Å². The Morgan fingerprint density at radius 3 is 3.00 bits per heavy atom. The van der Waals surface area contributed by atoms with Crippen molar-refractivity contribution in [2.45, 2.75) is 20.0 Å². The number of carbonyl (C=O) groups is 1. The fraction of sp³-hybridized carbons (Fsp3) is 0.158. The number of fused-ring (bicyclic) bond motifs is 2. The summed E-state index contributed by atoms with van der Waals surface area (Å²) >= 11 is 0. The minimum Gasteiger partial charge on any atom is -0.350 e. The van der Waals surface area contributed by atoms with Crippen LogP contribution in [0.1, 0.15) is 11.4 Å². The molecule has 0 saturated heterocycles. The maximum Gasteiger partial charge on any atom is 0.240 e. The van der Waals surface area contributed by atoms with Crippen LogP contribution in [0.4, 0.5) is 0 Å². The number of imidazole rings is 1. The van der Waals surface area contributed by atoms with Crippen LogP contribution < -0.4 is 5.32 Å². The topological polar surface area (TPSA) is 62.7 Å². The number of nitrogens with one attached hydrogen (secondary N) is 2. The summed E-state index contributed by atoms with van der Waals surface area (Å²) in [5.41, 5.74) is 4.07. The highest BCUT2D eigenvalue weighted by Gasteiger charge is 2.07. The molecule has 0 atom stereocenters. The first kappa shape index (κ1) is 14.5. The second kappa shape index (κ2) is 5.85. The van der Waals surface area contributed by atoms with Crippen LogP contribution in [0.25, 0.3) is 21.9 Å². The van der Waals surface area contributed by atoms with Crippen LogP contribution in [0, 0.1) is 6.92 Å². The van der Waals surface area contributed by atoms with E-state index in [-0.39, 0.29) is 5.91 Å². The van der Waals surface area contributed by atoms with Gasteiger partial charge in [-0.2, -0.15) is 0 Å². The third-order valence-electron chi connectivity index (χ3n) is 4.15. The molecule has 120 valence electrons. The standard InChI is InChI=1S/C19H18N4O/c1-13-21-16-7-6-14(10-17(16)22-13)11-20-19(24)12-23-9-8-15-4-2-3-5-18(15)23/h2-10H,11-12H2,1H3,(H,20,24)(H,21,22). The molecule has 0 aliphatic rings. The van der Waals surface area contributed by atoms with Crippen molar-refractivity contribution in [1.29, 1.82) is 0 Å². The van der Waals surface area contributed by atoms with Gasteiger partial charge in [-0.25, -0.2) is 4.98 Å². The van der Waals surface area contributed by atoms with Crippen LogP contribution in [0.2, 0.25) is 0 Å². The average molecular weight is 318 g/mol. The number of rotatable bonds is 4. The van der Waals surface area contributed by atoms with E-state index in [0.29, 0.717) is 13.1 Å². The summed E-state index contributed by atoms with van der Waals surface area (Å²) < 4.78 is 1.96. The molecule has 5 heteroatoms. The Labute approximate surface area is 139 Å². The molecule has 24 heavy (non-hydrogen) atoms. The molecular weight excluding hydrogens is 300 g/mol. The minimum absolute atomic E-state index is 0.00255. The van der Waals surface area contributed by atoms with E-state index < -0.39 is 0 Å². The van der Waals surface area contributed by atoms with E-state index in [1.165, 1.54) is 0 Å². The third-order valence-corrected chi connectivity index (χ3v) is 4.15. The van der Waals surface area contributed by atoms with Gasteiger partial charge in [0, 0.05) is 18.3 Å². The number of H-pyrrole nitrogens is 1. The third kappa shape index (κ3) is 2.76. The van der Waals surface area contributed by atoms with Crippen molar-refractivity contribution in [2.75, 3.05) is 0 Å². The highest BCUT2D eigenvalue weighted by atomic mass is 16.1. The molecule has 5 nitrogen and oxygen atoms in total. The number of carbonyl (C=O) groups excluding carboxylic acids is 1. The summed E-state index contributed by atoms with van der Waals surface area (Å²) in [6, 6.07) is 16.1. The van der Waals surface area contributed by atoms with Gasteiger partial charge in [0.15, 0.2) is 0 Å². The van der Waals surface area contributed by atoms with Crippen molar-refractivity contribution >= 4 is 27.8 Å². The number of aromatic nitrogens is 3. The molecule has 4 rings (SSSR count). The van der Waals surface area contributed by atoms with Crippen molar-refractivity contribution < 1.29 is 4.79 Å². The molecule has 0 radical (unpaired) electrons. The Morgan fingerprint density at radius 2 is 2.08 bits per heavy atom. The summed E-state index contributed by atoms with van der Waals surface area (Å²) in [7, 11) is 0.